The van der Waals surface area contributed by atoms with Crippen LogP contribution in [-0.2, 0) is 31.7 Å². The Morgan fingerprint density at radius 1 is 1.14 bits per heavy atom. The van der Waals surface area contributed by atoms with Crippen LogP contribution in [0.3, 0.4) is 0 Å². The lowest BCUT2D eigenvalue weighted by Crippen LogP contribution is -2.37. The number of nitrogens with one attached hydrogen (secondary N) is 1. The molecule has 1 N–H and O–H groups in total. The molecule has 0 radical (unpaired) electrons. The summed E-state index contributed by atoms with van der Waals surface area (Å²) >= 11 is 5.84. The van der Waals surface area contributed by atoms with E-state index < -0.39 is 10.0 Å². The molecule has 1 amide bonds. The third-order valence-corrected chi connectivity index (χ3v) is 6.00. The number of ether oxygens (including phenoxy) is 1. The van der Waals surface area contributed by atoms with Gasteiger partial charge in [-0.15, -0.1) is 0 Å². The maximum absolute atomic E-state index is 12.5. The van der Waals surface area contributed by atoms with E-state index >= 15 is 0 Å². The number of carbonyl (C=O) groups excluding carboxylic acids is 1. The van der Waals surface area contributed by atoms with E-state index in [1.54, 1.807) is 47.4 Å². The van der Waals surface area contributed by atoms with Crippen LogP contribution in [0.2, 0.25) is 5.02 Å². The van der Waals surface area contributed by atoms with E-state index in [9.17, 15) is 13.2 Å². The molecule has 0 fully saturated rings. The number of halogens is 1. The zero-order valence-corrected chi connectivity index (χ0v) is 17.2. The van der Waals surface area contributed by atoms with E-state index in [1.165, 1.54) is 0 Å². The van der Waals surface area contributed by atoms with Crippen molar-refractivity contribution >= 4 is 38.9 Å². The fourth-order valence-electron chi connectivity index (χ4n) is 3.18. The molecule has 0 aliphatic carbocycles. The van der Waals surface area contributed by atoms with Gasteiger partial charge in [-0.05, 0) is 54.8 Å². The SMILES string of the molecule is CCOCCN1C(=O)CCc2cc(NS(=O)(=O)Cc3ccc(Cl)cc3)ccc21. The summed E-state index contributed by atoms with van der Waals surface area (Å²) < 4.78 is 33.0. The molecule has 28 heavy (non-hydrogen) atoms. The number of rotatable bonds is 8. The number of fused-ring (bicyclic) bond motifs is 1. The van der Waals surface area contributed by atoms with Crippen molar-refractivity contribution in [1.29, 1.82) is 0 Å². The molecule has 0 unspecified atom stereocenters. The van der Waals surface area contributed by atoms with Crippen LogP contribution in [0.4, 0.5) is 11.4 Å². The number of sulfonamides is 1. The van der Waals surface area contributed by atoms with Crippen LogP contribution in [0.15, 0.2) is 42.5 Å². The van der Waals surface area contributed by atoms with Gasteiger partial charge in [-0.1, -0.05) is 23.7 Å². The molecule has 1 heterocycles. The van der Waals surface area contributed by atoms with E-state index in [2.05, 4.69) is 4.72 Å². The monoisotopic (exact) mass is 422 g/mol. The smallest absolute Gasteiger partial charge is 0.236 e. The average molecular weight is 423 g/mol. The Balaban J connectivity index is 1.73. The fraction of sp³-hybridized carbons (Fsp3) is 0.350. The average Bonchev–Trinajstić information content (AvgIpc) is 2.65. The van der Waals surface area contributed by atoms with E-state index in [4.69, 9.17) is 16.3 Å². The molecule has 1 aliphatic rings. The summed E-state index contributed by atoms with van der Waals surface area (Å²) in [5.41, 5.74) is 2.91. The Labute approximate surface area is 170 Å². The molecule has 0 saturated carbocycles. The van der Waals surface area contributed by atoms with E-state index in [-0.39, 0.29) is 11.7 Å². The maximum Gasteiger partial charge on any atom is 0.236 e. The molecular weight excluding hydrogens is 400 g/mol. The molecule has 2 aromatic carbocycles. The fourth-order valence-corrected chi connectivity index (χ4v) is 4.50. The molecule has 150 valence electrons. The molecule has 2 aromatic rings. The summed E-state index contributed by atoms with van der Waals surface area (Å²) in [5.74, 6) is -0.0801. The highest BCUT2D eigenvalue weighted by Crippen LogP contribution is 2.30. The number of carbonyl (C=O) groups is 1. The van der Waals surface area contributed by atoms with Gasteiger partial charge in [-0.3, -0.25) is 9.52 Å². The Bertz CT molecular complexity index is 945. The van der Waals surface area contributed by atoms with Crippen LogP contribution in [0.1, 0.15) is 24.5 Å². The Morgan fingerprint density at radius 3 is 2.61 bits per heavy atom. The zero-order chi connectivity index (χ0) is 20.1. The van der Waals surface area contributed by atoms with Crippen molar-refractivity contribution in [2.75, 3.05) is 29.4 Å². The van der Waals surface area contributed by atoms with Crippen LogP contribution in [0.25, 0.3) is 0 Å². The van der Waals surface area contributed by atoms with Gasteiger partial charge >= 0.3 is 0 Å². The van der Waals surface area contributed by atoms with Crippen molar-refractivity contribution in [3.8, 4) is 0 Å². The summed E-state index contributed by atoms with van der Waals surface area (Å²) in [6.07, 6.45) is 0.992. The lowest BCUT2D eigenvalue weighted by atomic mass is 10.0. The molecule has 3 rings (SSSR count). The first-order valence-corrected chi connectivity index (χ1v) is 11.2. The zero-order valence-electron chi connectivity index (χ0n) is 15.7. The lowest BCUT2D eigenvalue weighted by molar-refractivity contribution is -0.119. The largest absolute Gasteiger partial charge is 0.380 e. The number of hydrogen-bond donors (Lipinski definition) is 1. The summed E-state index contributed by atoms with van der Waals surface area (Å²) in [6.45, 7) is 3.47. The highest BCUT2D eigenvalue weighted by atomic mass is 35.5. The molecule has 0 saturated heterocycles. The number of amides is 1. The maximum atomic E-state index is 12.5. The first-order chi connectivity index (χ1) is 13.4. The summed E-state index contributed by atoms with van der Waals surface area (Å²) in [5, 5.41) is 0.562. The van der Waals surface area contributed by atoms with Gasteiger partial charge in [0, 0.05) is 36.0 Å². The van der Waals surface area contributed by atoms with Crippen molar-refractivity contribution in [1.82, 2.24) is 0 Å². The van der Waals surface area contributed by atoms with E-state index in [0.717, 1.165) is 11.3 Å². The van der Waals surface area contributed by atoms with Crippen molar-refractivity contribution in [3.63, 3.8) is 0 Å². The Morgan fingerprint density at radius 2 is 1.89 bits per heavy atom. The van der Waals surface area contributed by atoms with E-state index in [0.29, 0.717) is 48.9 Å². The van der Waals surface area contributed by atoms with Crippen molar-refractivity contribution in [2.24, 2.45) is 0 Å². The third kappa shape index (κ3) is 5.25. The second kappa shape index (κ2) is 8.94. The number of benzene rings is 2. The van der Waals surface area contributed by atoms with Gasteiger partial charge in [0.25, 0.3) is 0 Å². The van der Waals surface area contributed by atoms with Crippen molar-refractivity contribution < 1.29 is 17.9 Å². The highest BCUT2D eigenvalue weighted by Gasteiger charge is 2.24. The first kappa shape index (κ1) is 20.6. The molecule has 1 aliphatic heterocycles. The number of hydrogen-bond acceptors (Lipinski definition) is 4. The first-order valence-electron chi connectivity index (χ1n) is 9.14. The minimum absolute atomic E-state index is 0.0586. The topological polar surface area (TPSA) is 75.7 Å². The quantitative estimate of drug-likeness (QED) is 0.659. The van der Waals surface area contributed by atoms with Crippen LogP contribution in [-0.4, -0.2) is 34.1 Å². The molecule has 6 nitrogen and oxygen atoms in total. The number of nitrogens with zero attached hydrogens (tertiary/aromatic N) is 1. The standard InChI is InChI=1S/C20H23ClN2O4S/c1-2-27-12-11-23-19-9-8-18(13-16(19)5-10-20(23)24)22-28(25,26)14-15-3-6-17(21)7-4-15/h3-4,6-9,13,22H,2,5,10-12,14H2,1H3. The van der Waals surface area contributed by atoms with Crippen molar-refractivity contribution in [2.45, 2.75) is 25.5 Å². The predicted molar refractivity (Wildman–Crippen MR) is 111 cm³/mol. The number of aryl methyl sites for hydroxylation is 1. The van der Waals surface area contributed by atoms with Gasteiger partial charge in [0.2, 0.25) is 15.9 Å². The van der Waals surface area contributed by atoms with Crippen LogP contribution < -0.4 is 9.62 Å². The second-order valence-corrected chi connectivity index (χ2v) is 8.73. The van der Waals surface area contributed by atoms with Crippen molar-refractivity contribution in [3.05, 3.63) is 58.6 Å². The van der Waals surface area contributed by atoms with Gasteiger partial charge in [0.05, 0.1) is 12.4 Å². The van der Waals surface area contributed by atoms with Gasteiger partial charge in [0.15, 0.2) is 0 Å². The van der Waals surface area contributed by atoms with E-state index in [1.807, 2.05) is 6.92 Å². The molecule has 0 spiro atoms. The molecular formula is C20H23ClN2O4S. The Kier molecular flexibility index (Phi) is 6.59. The summed E-state index contributed by atoms with van der Waals surface area (Å²) in [4.78, 5) is 14.0. The summed E-state index contributed by atoms with van der Waals surface area (Å²) in [6, 6.07) is 12.0. The van der Waals surface area contributed by atoms with Gasteiger partial charge in [-0.2, -0.15) is 0 Å². The second-order valence-electron chi connectivity index (χ2n) is 6.57. The Hall–Kier alpha value is -2.09. The van der Waals surface area contributed by atoms with Crippen LogP contribution in [0.5, 0.6) is 0 Å². The lowest BCUT2D eigenvalue weighted by Gasteiger charge is -2.29. The predicted octanol–water partition coefficient (Wildman–Crippen LogP) is 3.60. The molecule has 0 bridgehead atoms. The minimum Gasteiger partial charge on any atom is -0.380 e. The van der Waals surface area contributed by atoms with Crippen LogP contribution in [0, 0.1) is 0 Å². The molecule has 0 atom stereocenters. The molecule has 0 aromatic heterocycles. The highest BCUT2D eigenvalue weighted by molar-refractivity contribution is 7.91. The van der Waals surface area contributed by atoms with Crippen LogP contribution >= 0.6 is 11.6 Å². The number of anilines is 2. The molecule has 8 heteroatoms. The van der Waals surface area contributed by atoms with Gasteiger partial charge in [-0.25, -0.2) is 8.42 Å². The van der Waals surface area contributed by atoms with Gasteiger partial charge < -0.3 is 9.64 Å². The third-order valence-electron chi connectivity index (χ3n) is 4.49. The summed E-state index contributed by atoms with van der Waals surface area (Å²) in [7, 11) is -3.56. The minimum atomic E-state index is -3.56. The van der Waals surface area contributed by atoms with Gasteiger partial charge in [0.1, 0.15) is 0 Å². The normalized spacial score (nSPS) is 14.1.